The smallest absolute Gasteiger partial charge is 0.0337 e. The van der Waals surface area contributed by atoms with Crippen molar-refractivity contribution in [3.05, 3.63) is 30.3 Å². The maximum atomic E-state index is 3.03. The Hall–Kier alpha value is -1.02. The zero-order valence-electron chi connectivity index (χ0n) is 9.39. The molecule has 1 aromatic rings. The molecule has 13 heavy (non-hydrogen) atoms. The highest BCUT2D eigenvalue weighted by molar-refractivity contribution is 5.41. The Kier molecular flexibility index (Phi) is 15.1. The van der Waals surface area contributed by atoms with Crippen LogP contribution in [0.25, 0.3) is 0 Å². The molecule has 0 saturated carbocycles. The SMILES string of the molecule is CC.CNC.CNc1ccccc1. The van der Waals surface area contributed by atoms with Crippen LogP contribution in [0.5, 0.6) is 0 Å². The van der Waals surface area contributed by atoms with E-state index in [1.54, 1.807) is 0 Å². The van der Waals surface area contributed by atoms with Crippen LogP contribution in [0.15, 0.2) is 30.3 Å². The van der Waals surface area contributed by atoms with E-state index in [2.05, 4.69) is 10.6 Å². The molecule has 0 aliphatic heterocycles. The maximum Gasteiger partial charge on any atom is 0.0337 e. The van der Waals surface area contributed by atoms with Gasteiger partial charge in [-0.15, -0.1) is 0 Å². The summed E-state index contributed by atoms with van der Waals surface area (Å²) in [7, 11) is 5.66. The van der Waals surface area contributed by atoms with Gasteiger partial charge in [0.1, 0.15) is 0 Å². The van der Waals surface area contributed by atoms with Crippen molar-refractivity contribution >= 4 is 5.69 Å². The van der Waals surface area contributed by atoms with Gasteiger partial charge in [-0.2, -0.15) is 0 Å². The van der Waals surface area contributed by atoms with E-state index in [-0.39, 0.29) is 0 Å². The molecule has 0 aromatic heterocycles. The Morgan fingerprint density at radius 3 is 1.46 bits per heavy atom. The number of hydrogen-bond acceptors (Lipinski definition) is 2. The molecule has 0 aliphatic carbocycles. The predicted octanol–water partition coefficient (Wildman–Crippen LogP) is 2.59. The molecule has 0 unspecified atom stereocenters. The van der Waals surface area contributed by atoms with Gasteiger partial charge in [0.05, 0.1) is 0 Å². The first-order valence-electron chi connectivity index (χ1n) is 4.66. The van der Waals surface area contributed by atoms with E-state index >= 15 is 0 Å². The van der Waals surface area contributed by atoms with Crippen molar-refractivity contribution in [1.82, 2.24) is 5.32 Å². The Morgan fingerprint density at radius 1 is 0.846 bits per heavy atom. The molecule has 76 valence electrons. The largest absolute Gasteiger partial charge is 0.388 e. The van der Waals surface area contributed by atoms with Crippen LogP contribution in [0, 0.1) is 0 Å². The molecule has 0 amide bonds. The van der Waals surface area contributed by atoms with Gasteiger partial charge in [-0.05, 0) is 26.2 Å². The third-order valence-corrected chi connectivity index (χ3v) is 1.06. The summed E-state index contributed by atoms with van der Waals surface area (Å²) in [4.78, 5) is 0. The minimum absolute atomic E-state index is 1.16. The van der Waals surface area contributed by atoms with Crippen molar-refractivity contribution in [2.75, 3.05) is 26.5 Å². The quantitative estimate of drug-likeness (QED) is 0.697. The molecule has 2 nitrogen and oxygen atoms in total. The molecule has 2 N–H and O–H groups in total. The van der Waals surface area contributed by atoms with Crippen molar-refractivity contribution in [2.24, 2.45) is 0 Å². The van der Waals surface area contributed by atoms with E-state index in [0.717, 1.165) is 5.69 Å². The highest BCUT2D eigenvalue weighted by atomic mass is 14.8. The normalized spacial score (nSPS) is 7.15. The fourth-order valence-electron chi connectivity index (χ4n) is 0.605. The zero-order chi connectivity index (χ0) is 10.5. The van der Waals surface area contributed by atoms with Gasteiger partial charge in [-0.3, -0.25) is 0 Å². The maximum absolute atomic E-state index is 3.03. The van der Waals surface area contributed by atoms with Crippen LogP contribution in [-0.2, 0) is 0 Å². The van der Waals surface area contributed by atoms with Crippen LogP contribution < -0.4 is 10.6 Å². The number of rotatable bonds is 1. The summed E-state index contributed by atoms with van der Waals surface area (Å²) in [6.07, 6.45) is 0. The highest BCUT2D eigenvalue weighted by Gasteiger charge is 1.77. The number of para-hydroxylation sites is 1. The average Bonchev–Trinajstić information content (AvgIpc) is 2.23. The molecule has 0 bridgehead atoms. The minimum Gasteiger partial charge on any atom is -0.388 e. The number of anilines is 1. The first-order chi connectivity index (χ1) is 6.35. The van der Waals surface area contributed by atoms with Crippen LogP contribution in [0.3, 0.4) is 0 Å². The summed E-state index contributed by atoms with van der Waals surface area (Å²) in [5.74, 6) is 0. The summed E-state index contributed by atoms with van der Waals surface area (Å²) in [6.45, 7) is 4.00. The van der Waals surface area contributed by atoms with E-state index in [1.165, 1.54) is 0 Å². The molecule has 0 radical (unpaired) electrons. The van der Waals surface area contributed by atoms with Gasteiger partial charge in [0, 0.05) is 12.7 Å². The fourth-order valence-corrected chi connectivity index (χ4v) is 0.605. The van der Waals surface area contributed by atoms with E-state index in [1.807, 2.05) is 65.3 Å². The van der Waals surface area contributed by atoms with Gasteiger partial charge < -0.3 is 10.6 Å². The van der Waals surface area contributed by atoms with Crippen LogP contribution >= 0.6 is 0 Å². The third-order valence-electron chi connectivity index (χ3n) is 1.06. The molecule has 0 fully saturated rings. The fraction of sp³-hybridized carbons (Fsp3) is 0.455. The molecular weight excluding hydrogens is 160 g/mol. The topological polar surface area (TPSA) is 24.1 Å². The van der Waals surface area contributed by atoms with Crippen molar-refractivity contribution in [1.29, 1.82) is 0 Å². The molecule has 0 aliphatic rings. The number of hydrogen-bond donors (Lipinski definition) is 2. The van der Waals surface area contributed by atoms with Crippen LogP contribution in [-0.4, -0.2) is 21.1 Å². The van der Waals surface area contributed by atoms with Gasteiger partial charge in [0.15, 0.2) is 0 Å². The van der Waals surface area contributed by atoms with Gasteiger partial charge in [-0.25, -0.2) is 0 Å². The van der Waals surface area contributed by atoms with Gasteiger partial charge in [0.2, 0.25) is 0 Å². The second-order valence-corrected chi connectivity index (χ2v) is 2.12. The monoisotopic (exact) mass is 182 g/mol. The van der Waals surface area contributed by atoms with Gasteiger partial charge in [-0.1, -0.05) is 32.0 Å². The van der Waals surface area contributed by atoms with E-state index < -0.39 is 0 Å². The highest BCUT2D eigenvalue weighted by Crippen LogP contribution is 2.01. The lowest BCUT2D eigenvalue weighted by atomic mass is 10.3. The standard InChI is InChI=1S/C7H9N.C2H7N.C2H6/c1-8-7-5-3-2-4-6-7;1-3-2;1-2/h2-6,8H,1H3;3H,1-2H3;1-2H3. The molecule has 0 atom stereocenters. The molecule has 0 spiro atoms. The minimum atomic E-state index is 1.16. The Bertz CT molecular complexity index is 161. The van der Waals surface area contributed by atoms with E-state index in [0.29, 0.717) is 0 Å². The van der Waals surface area contributed by atoms with Crippen molar-refractivity contribution < 1.29 is 0 Å². The Balaban J connectivity index is 0. The molecule has 1 aromatic carbocycles. The molecule has 2 heteroatoms. The Labute approximate surface area is 82.4 Å². The number of benzene rings is 1. The third kappa shape index (κ3) is 11.0. The molecular formula is C11H22N2. The van der Waals surface area contributed by atoms with E-state index in [4.69, 9.17) is 0 Å². The summed E-state index contributed by atoms with van der Waals surface area (Å²) in [6, 6.07) is 10.1. The van der Waals surface area contributed by atoms with E-state index in [9.17, 15) is 0 Å². The van der Waals surface area contributed by atoms with Crippen LogP contribution in [0.2, 0.25) is 0 Å². The lowest BCUT2D eigenvalue weighted by molar-refractivity contribution is 1.02. The summed E-state index contributed by atoms with van der Waals surface area (Å²) >= 11 is 0. The molecule has 1 rings (SSSR count). The number of nitrogens with one attached hydrogen (secondary N) is 2. The second kappa shape index (κ2) is 13.6. The van der Waals surface area contributed by atoms with Crippen molar-refractivity contribution in [3.63, 3.8) is 0 Å². The zero-order valence-corrected chi connectivity index (χ0v) is 9.39. The van der Waals surface area contributed by atoms with Gasteiger partial charge >= 0.3 is 0 Å². The molecule has 0 saturated heterocycles. The van der Waals surface area contributed by atoms with Crippen molar-refractivity contribution in [3.8, 4) is 0 Å². The summed E-state index contributed by atoms with van der Waals surface area (Å²) in [5.41, 5.74) is 1.16. The molecule has 0 heterocycles. The van der Waals surface area contributed by atoms with Gasteiger partial charge in [0.25, 0.3) is 0 Å². The summed E-state index contributed by atoms with van der Waals surface area (Å²) < 4.78 is 0. The predicted molar refractivity (Wildman–Crippen MR) is 62.3 cm³/mol. The lowest BCUT2D eigenvalue weighted by Gasteiger charge is -1.94. The first kappa shape index (κ1) is 14.5. The lowest BCUT2D eigenvalue weighted by Crippen LogP contribution is -1.89. The first-order valence-corrected chi connectivity index (χ1v) is 4.66. The van der Waals surface area contributed by atoms with Crippen LogP contribution in [0.1, 0.15) is 13.8 Å². The van der Waals surface area contributed by atoms with Crippen LogP contribution in [0.4, 0.5) is 5.69 Å². The van der Waals surface area contributed by atoms with Crippen molar-refractivity contribution in [2.45, 2.75) is 13.8 Å². The second-order valence-electron chi connectivity index (χ2n) is 2.12. The summed E-state index contributed by atoms with van der Waals surface area (Å²) in [5, 5.41) is 5.78. The Morgan fingerprint density at radius 2 is 1.23 bits per heavy atom. The average molecular weight is 182 g/mol.